The normalized spacial score (nSPS) is 11.8. The summed E-state index contributed by atoms with van der Waals surface area (Å²) < 4.78 is 47.8. The third kappa shape index (κ3) is 4.86. The second-order valence-electron chi connectivity index (χ2n) is 6.02. The largest absolute Gasteiger partial charge is 0.348 e. The van der Waals surface area contributed by atoms with E-state index in [1.54, 1.807) is 0 Å². The molecule has 0 fully saturated rings. The number of sulfone groups is 1. The van der Waals surface area contributed by atoms with Gasteiger partial charge in [-0.1, -0.05) is 24.3 Å². The van der Waals surface area contributed by atoms with Crippen LogP contribution in [0.25, 0.3) is 0 Å². The zero-order chi connectivity index (χ0) is 19.3. The first-order chi connectivity index (χ1) is 12.2. The first-order valence-corrected chi connectivity index (χ1v) is 9.38. The van der Waals surface area contributed by atoms with E-state index in [-0.39, 0.29) is 5.56 Å². The van der Waals surface area contributed by atoms with Crippen LogP contribution in [0.1, 0.15) is 21.5 Å². The molecule has 0 spiro atoms. The molecule has 0 aromatic heterocycles. The van der Waals surface area contributed by atoms with E-state index in [2.05, 4.69) is 5.32 Å². The maximum Gasteiger partial charge on any atom is 0.341 e. The van der Waals surface area contributed by atoms with Crippen molar-refractivity contribution in [3.63, 3.8) is 0 Å². The number of carbonyl (C=O) groups is 1. The number of alkyl halides is 2. The smallest absolute Gasteiger partial charge is 0.341 e. The van der Waals surface area contributed by atoms with Crippen molar-refractivity contribution in [2.45, 2.75) is 23.7 Å². The van der Waals surface area contributed by atoms with Crippen molar-refractivity contribution in [3.8, 4) is 0 Å². The van der Waals surface area contributed by atoms with Crippen molar-refractivity contribution in [3.05, 3.63) is 65.2 Å². The molecule has 0 saturated heterocycles. The van der Waals surface area contributed by atoms with Crippen LogP contribution in [-0.4, -0.2) is 39.1 Å². The average molecular weight is 382 g/mol. The molecule has 0 radical (unpaired) electrons. The van der Waals surface area contributed by atoms with Gasteiger partial charge in [0.15, 0.2) is 0 Å². The molecule has 0 atom stereocenters. The summed E-state index contributed by atoms with van der Waals surface area (Å²) in [6.45, 7) is 1.03. The van der Waals surface area contributed by atoms with E-state index >= 15 is 0 Å². The Kier molecular flexibility index (Phi) is 6.44. The molecule has 1 amide bonds. The van der Waals surface area contributed by atoms with E-state index < -0.39 is 26.4 Å². The molecule has 0 aliphatic carbocycles. The molecule has 5 nitrogen and oxygen atoms in total. The summed E-state index contributed by atoms with van der Waals surface area (Å²) in [5.74, 6) is -3.90. The number of hydrogen-bond acceptors (Lipinski definition) is 4. The topological polar surface area (TPSA) is 66.5 Å². The van der Waals surface area contributed by atoms with Crippen LogP contribution in [0.2, 0.25) is 0 Å². The molecule has 2 aromatic rings. The van der Waals surface area contributed by atoms with Crippen LogP contribution in [0.15, 0.2) is 53.4 Å². The fourth-order valence-electron chi connectivity index (χ4n) is 2.40. The Morgan fingerprint density at radius 3 is 2.15 bits per heavy atom. The van der Waals surface area contributed by atoms with Gasteiger partial charge in [0.25, 0.3) is 5.91 Å². The summed E-state index contributed by atoms with van der Waals surface area (Å²) in [6.07, 6.45) is 0. The molecule has 2 rings (SSSR count). The van der Waals surface area contributed by atoms with Crippen molar-refractivity contribution in [1.82, 2.24) is 10.2 Å². The van der Waals surface area contributed by atoms with Gasteiger partial charge in [0.2, 0.25) is 9.84 Å². The van der Waals surface area contributed by atoms with Gasteiger partial charge < -0.3 is 10.2 Å². The number of amides is 1. The summed E-state index contributed by atoms with van der Waals surface area (Å²) in [7, 11) is -0.764. The zero-order valence-corrected chi connectivity index (χ0v) is 15.3. The molecule has 0 bridgehead atoms. The van der Waals surface area contributed by atoms with Gasteiger partial charge in [-0.2, -0.15) is 8.78 Å². The molecular formula is C18H20F2N2O3S. The molecule has 8 heteroatoms. The van der Waals surface area contributed by atoms with Gasteiger partial charge in [-0.25, -0.2) is 8.42 Å². The van der Waals surface area contributed by atoms with Gasteiger partial charge in [-0.05, 0) is 49.5 Å². The number of nitrogens with one attached hydrogen (secondary N) is 1. The van der Waals surface area contributed by atoms with E-state index in [4.69, 9.17) is 0 Å². The SMILES string of the molecule is CN(C)Cc1ccccc1CNC(=O)c1ccc(S(=O)(=O)C(F)F)cc1. The highest BCUT2D eigenvalue weighted by atomic mass is 32.2. The monoisotopic (exact) mass is 382 g/mol. The Labute approximate surface area is 151 Å². The van der Waals surface area contributed by atoms with Gasteiger partial charge in [0, 0.05) is 18.7 Å². The third-order valence-corrected chi connectivity index (χ3v) is 5.12. The minimum atomic E-state index is -4.66. The van der Waals surface area contributed by atoms with Crippen LogP contribution in [0.3, 0.4) is 0 Å². The first kappa shape index (κ1) is 20.0. The Bertz CT molecular complexity index is 866. The Hall–Kier alpha value is -2.32. The second-order valence-corrected chi connectivity index (χ2v) is 7.94. The van der Waals surface area contributed by atoms with Gasteiger partial charge >= 0.3 is 5.76 Å². The number of nitrogens with zero attached hydrogens (tertiary/aromatic N) is 1. The predicted octanol–water partition coefficient (Wildman–Crippen LogP) is 2.67. The molecule has 2 aromatic carbocycles. The molecule has 0 aliphatic heterocycles. The number of rotatable bonds is 7. The lowest BCUT2D eigenvalue weighted by Crippen LogP contribution is -2.24. The summed E-state index contributed by atoms with van der Waals surface area (Å²) in [5.41, 5.74) is 2.24. The lowest BCUT2D eigenvalue weighted by Gasteiger charge is -2.14. The lowest BCUT2D eigenvalue weighted by molar-refractivity contribution is 0.0950. The summed E-state index contributed by atoms with van der Waals surface area (Å²) in [6, 6.07) is 12.2. The van der Waals surface area contributed by atoms with Crippen molar-refractivity contribution < 1.29 is 22.0 Å². The van der Waals surface area contributed by atoms with Crippen LogP contribution >= 0.6 is 0 Å². The minimum absolute atomic E-state index is 0.198. The van der Waals surface area contributed by atoms with E-state index in [0.717, 1.165) is 29.8 Å². The summed E-state index contributed by atoms with van der Waals surface area (Å²) in [4.78, 5) is 13.7. The standard InChI is InChI=1S/C18H20F2N2O3S/c1-22(2)12-15-6-4-3-5-14(15)11-21-17(23)13-7-9-16(10-8-13)26(24,25)18(19)20/h3-10,18H,11-12H2,1-2H3,(H,21,23). The van der Waals surface area contributed by atoms with Crippen molar-refractivity contribution in [2.24, 2.45) is 0 Å². The fraction of sp³-hybridized carbons (Fsp3) is 0.278. The van der Waals surface area contributed by atoms with Crippen molar-refractivity contribution in [1.29, 1.82) is 0 Å². The molecule has 140 valence electrons. The number of hydrogen-bond donors (Lipinski definition) is 1. The van der Waals surface area contributed by atoms with Gasteiger partial charge in [0.1, 0.15) is 0 Å². The molecule has 0 aliphatic rings. The van der Waals surface area contributed by atoms with Gasteiger partial charge in [0.05, 0.1) is 4.90 Å². The summed E-state index contributed by atoms with van der Waals surface area (Å²) in [5, 5.41) is 2.75. The van der Waals surface area contributed by atoms with Crippen molar-refractivity contribution >= 4 is 15.7 Å². The van der Waals surface area contributed by atoms with Gasteiger partial charge in [-0.15, -0.1) is 0 Å². The maximum absolute atomic E-state index is 12.5. The van der Waals surface area contributed by atoms with Crippen LogP contribution < -0.4 is 5.32 Å². The first-order valence-electron chi connectivity index (χ1n) is 7.83. The zero-order valence-electron chi connectivity index (χ0n) is 14.4. The van der Waals surface area contributed by atoms with E-state index in [1.807, 2.05) is 43.3 Å². The molecule has 1 N–H and O–H groups in total. The number of benzene rings is 2. The maximum atomic E-state index is 12.5. The Morgan fingerprint density at radius 2 is 1.62 bits per heavy atom. The van der Waals surface area contributed by atoms with E-state index in [0.29, 0.717) is 6.54 Å². The third-order valence-electron chi connectivity index (χ3n) is 3.72. The Balaban J connectivity index is 2.08. The molecule has 0 heterocycles. The lowest BCUT2D eigenvalue weighted by atomic mass is 10.1. The molecule has 26 heavy (non-hydrogen) atoms. The van der Waals surface area contributed by atoms with E-state index in [1.165, 1.54) is 12.1 Å². The fourth-order valence-corrected chi connectivity index (χ4v) is 3.12. The average Bonchev–Trinajstić information content (AvgIpc) is 2.60. The molecular weight excluding hydrogens is 362 g/mol. The van der Waals surface area contributed by atoms with Crippen LogP contribution in [-0.2, 0) is 22.9 Å². The molecule has 0 unspecified atom stereocenters. The van der Waals surface area contributed by atoms with Crippen LogP contribution in [0, 0.1) is 0 Å². The highest BCUT2D eigenvalue weighted by Crippen LogP contribution is 2.18. The number of carbonyl (C=O) groups excluding carboxylic acids is 1. The minimum Gasteiger partial charge on any atom is -0.348 e. The highest BCUT2D eigenvalue weighted by Gasteiger charge is 2.26. The second kappa shape index (κ2) is 8.37. The van der Waals surface area contributed by atoms with Crippen molar-refractivity contribution in [2.75, 3.05) is 14.1 Å². The van der Waals surface area contributed by atoms with Crippen LogP contribution in [0.4, 0.5) is 8.78 Å². The quantitative estimate of drug-likeness (QED) is 0.800. The summed E-state index contributed by atoms with van der Waals surface area (Å²) >= 11 is 0. The molecule has 0 saturated carbocycles. The Morgan fingerprint density at radius 1 is 1.04 bits per heavy atom. The van der Waals surface area contributed by atoms with Crippen LogP contribution in [0.5, 0.6) is 0 Å². The van der Waals surface area contributed by atoms with Gasteiger partial charge in [-0.3, -0.25) is 4.79 Å². The van der Waals surface area contributed by atoms with E-state index in [9.17, 15) is 22.0 Å². The predicted molar refractivity (Wildman–Crippen MR) is 94.6 cm³/mol. The highest BCUT2D eigenvalue weighted by molar-refractivity contribution is 7.91. The number of halogens is 2.